The highest BCUT2D eigenvalue weighted by atomic mass is 32.1. The standard InChI is InChI=1S/C14H12N2S/c1-9-5-4-6-10(13(9)15)14-16-11-7-2-3-8-12(11)17-14/h2-8H,15H2,1H3. The molecule has 3 rings (SSSR count). The molecule has 0 amide bonds. The summed E-state index contributed by atoms with van der Waals surface area (Å²) in [6.45, 7) is 2.02. The predicted octanol–water partition coefficient (Wildman–Crippen LogP) is 3.85. The Kier molecular flexibility index (Phi) is 2.34. The van der Waals surface area contributed by atoms with Crippen molar-refractivity contribution in [2.45, 2.75) is 6.92 Å². The lowest BCUT2D eigenvalue weighted by atomic mass is 10.1. The van der Waals surface area contributed by atoms with Crippen LogP contribution in [0.5, 0.6) is 0 Å². The Labute approximate surface area is 104 Å². The zero-order chi connectivity index (χ0) is 11.8. The van der Waals surface area contributed by atoms with Crippen LogP contribution in [-0.4, -0.2) is 4.98 Å². The second-order valence-corrected chi connectivity index (χ2v) is 5.05. The van der Waals surface area contributed by atoms with Gasteiger partial charge in [0.2, 0.25) is 0 Å². The van der Waals surface area contributed by atoms with Gasteiger partial charge in [-0.1, -0.05) is 24.3 Å². The van der Waals surface area contributed by atoms with Crippen molar-refractivity contribution in [3.63, 3.8) is 0 Å². The topological polar surface area (TPSA) is 38.9 Å². The smallest absolute Gasteiger partial charge is 0.126 e. The Morgan fingerprint density at radius 3 is 2.71 bits per heavy atom. The molecule has 0 aliphatic heterocycles. The molecular formula is C14H12N2S. The van der Waals surface area contributed by atoms with Gasteiger partial charge in [0.25, 0.3) is 0 Å². The fraction of sp³-hybridized carbons (Fsp3) is 0.0714. The van der Waals surface area contributed by atoms with E-state index in [2.05, 4.69) is 11.1 Å². The van der Waals surface area contributed by atoms with Crippen molar-refractivity contribution in [3.05, 3.63) is 48.0 Å². The molecular weight excluding hydrogens is 228 g/mol. The molecule has 17 heavy (non-hydrogen) atoms. The van der Waals surface area contributed by atoms with Gasteiger partial charge in [0.15, 0.2) is 0 Å². The molecule has 0 fully saturated rings. The minimum atomic E-state index is 0.826. The first kappa shape index (κ1) is 10.3. The van der Waals surface area contributed by atoms with E-state index < -0.39 is 0 Å². The van der Waals surface area contributed by atoms with Crippen molar-refractivity contribution in [1.29, 1.82) is 0 Å². The third-order valence-corrected chi connectivity index (χ3v) is 3.92. The zero-order valence-corrected chi connectivity index (χ0v) is 10.3. The van der Waals surface area contributed by atoms with E-state index >= 15 is 0 Å². The van der Waals surface area contributed by atoms with Gasteiger partial charge >= 0.3 is 0 Å². The van der Waals surface area contributed by atoms with Crippen LogP contribution < -0.4 is 5.73 Å². The second-order valence-electron chi connectivity index (χ2n) is 4.02. The molecule has 2 N–H and O–H groups in total. The third kappa shape index (κ3) is 1.68. The molecule has 3 aromatic rings. The highest BCUT2D eigenvalue weighted by molar-refractivity contribution is 7.21. The van der Waals surface area contributed by atoms with Crippen LogP contribution in [0.15, 0.2) is 42.5 Å². The van der Waals surface area contributed by atoms with Gasteiger partial charge in [0.05, 0.1) is 10.2 Å². The van der Waals surface area contributed by atoms with Gasteiger partial charge in [-0.05, 0) is 30.7 Å². The van der Waals surface area contributed by atoms with E-state index in [0.29, 0.717) is 0 Å². The van der Waals surface area contributed by atoms with Gasteiger partial charge in [-0.15, -0.1) is 11.3 Å². The summed E-state index contributed by atoms with van der Waals surface area (Å²) in [4.78, 5) is 4.62. The molecule has 0 bridgehead atoms. The lowest BCUT2D eigenvalue weighted by Crippen LogP contribution is -1.92. The minimum Gasteiger partial charge on any atom is -0.398 e. The number of nitrogens with zero attached hydrogens (tertiary/aromatic N) is 1. The average molecular weight is 240 g/mol. The van der Waals surface area contributed by atoms with E-state index in [4.69, 9.17) is 5.73 Å². The number of thiazole rings is 1. The van der Waals surface area contributed by atoms with Crippen molar-refractivity contribution in [2.75, 3.05) is 5.73 Å². The lowest BCUT2D eigenvalue weighted by Gasteiger charge is -2.04. The Morgan fingerprint density at radius 2 is 1.88 bits per heavy atom. The van der Waals surface area contributed by atoms with Crippen LogP contribution in [0.1, 0.15) is 5.56 Å². The monoisotopic (exact) mass is 240 g/mol. The van der Waals surface area contributed by atoms with E-state index in [-0.39, 0.29) is 0 Å². The maximum Gasteiger partial charge on any atom is 0.126 e. The van der Waals surface area contributed by atoms with E-state index in [1.165, 1.54) is 4.70 Å². The molecule has 0 saturated heterocycles. The molecule has 0 atom stereocenters. The maximum atomic E-state index is 6.10. The van der Waals surface area contributed by atoms with Crippen LogP contribution in [0.25, 0.3) is 20.8 Å². The summed E-state index contributed by atoms with van der Waals surface area (Å²) < 4.78 is 1.20. The first-order chi connectivity index (χ1) is 8.25. The number of rotatable bonds is 1. The summed E-state index contributed by atoms with van der Waals surface area (Å²) in [7, 11) is 0. The Bertz CT molecular complexity index is 653. The summed E-state index contributed by atoms with van der Waals surface area (Å²) >= 11 is 1.68. The van der Waals surface area contributed by atoms with Crippen LogP contribution in [0.2, 0.25) is 0 Å². The van der Waals surface area contributed by atoms with E-state index in [1.807, 2.05) is 43.3 Å². The number of anilines is 1. The van der Waals surface area contributed by atoms with Crippen molar-refractivity contribution in [1.82, 2.24) is 4.98 Å². The molecule has 0 saturated carbocycles. The molecule has 2 nitrogen and oxygen atoms in total. The van der Waals surface area contributed by atoms with E-state index in [1.54, 1.807) is 11.3 Å². The number of para-hydroxylation sites is 2. The number of benzene rings is 2. The Balaban J connectivity index is 2.24. The van der Waals surface area contributed by atoms with Crippen molar-refractivity contribution in [2.24, 2.45) is 0 Å². The van der Waals surface area contributed by atoms with Gasteiger partial charge in [-0.2, -0.15) is 0 Å². The van der Waals surface area contributed by atoms with Gasteiger partial charge in [0.1, 0.15) is 5.01 Å². The second kappa shape index (κ2) is 3.86. The Morgan fingerprint density at radius 1 is 1.06 bits per heavy atom. The largest absolute Gasteiger partial charge is 0.398 e. The molecule has 1 aromatic heterocycles. The summed E-state index contributed by atoms with van der Waals surface area (Å²) in [6.07, 6.45) is 0. The number of fused-ring (bicyclic) bond motifs is 1. The minimum absolute atomic E-state index is 0.826. The quantitative estimate of drug-likeness (QED) is 0.656. The van der Waals surface area contributed by atoms with Crippen molar-refractivity contribution in [3.8, 4) is 10.6 Å². The summed E-state index contributed by atoms with van der Waals surface area (Å²) in [5.74, 6) is 0. The molecule has 2 aromatic carbocycles. The number of hydrogen-bond donors (Lipinski definition) is 1. The van der Waals surface area contributed by atoms with Crippen molar-refractivity contribution >= 4 is 27.2 Å². The summed E-state index contributed by atoms with van der Waals surface area (Å²) in [5.41, 5.74) is 10.1. The Hall–Kier alpha value is -1.87. The molecule has 1 heterocycles. The number of aromatic nitrogens is 1. The average Bonchev–Trinajstić information content (AvgIpc) is 2.76. The molecule has 0 radical (unpaired) electrons. The zero-order valence-electron chi connectivity index (χ0n) is 9.47. The highest BCUT2D eigenvalue weighted by Gasteiger charge is 2.09. The molecule has 0 spiro atoms. The SMILES string of the molecule is Cc1cccc(-c2nc3ccccc3s2)c1N. The molecule has 0 unspecified atom stereocenters. The third-order valence-electron chi connectivity index (χ3n) is 2.85. The van der Waals surface area contributed by atoms with E-state index in [0.717, 1.165) is 27.3 Å². The van der Waals surface area contributed by atoms with Gasteiger partial charge in [-0.25, -0.2) is 4.98 Å². The number of hydrogen-bond acceptors (Lipinski definition) is 3. The molecule has 3 heteroatoms. The van der Waals surface area contributed by atoms with E-state index in [9.17, 15) is 0 Å². The highest BCUT2D eigenvalue weighted by Crippen LogP contribution is 2.34. The maximum absolute atomic E-state index is 6.10. The van der Waals surface area contributed by atoms with Gasteiger partial charge in [-0.3, -0.25) is 0 Å². The number of nitrogen functional groups attached to an aromatic ring is 1. The first-order valence-electron chi connectivity index (χ1n) is 5.47. The molecule has 0 aliphatic carbocycles. The first-order valence-corrected chi connectivity index (χ1v) is 6.28. The van der Waals surface area contributed by atoms with Crippen LogP contribution in [0.3, 0.4) is 0 Å². The number of nitrogens with two attached hydrogens (primary N) is 1. The fourth-order valence-corrected chi connectivity index (χ4v) is 2.86. The van der Waals surface area contributed by atoms with Crippen LogP contribution in [-0.2, 0) is 0 Å². The summed E-state index contributed by atoms with van der Waals surface area (Å²) in [6, 6.07) is 14.2. The van der Waals surface area contributed by atoms with Gasteiger partial charge < -0.3 is 5.73 Å². The van der Waals surface area contributed by atoms with Crippen molar-refractivity contribution < 1.29 is 0 Å². The molecule has 84 valence electrons. The van der Waals surface area contributed by atoms with Crippen LogP contribution in [0.4, 0.5) is 5.69 Å². The summed E-state index contributed by atoms with van der Waals surface area (Å²) in [5, 5.41) is 0.993. The molecule has 0 aliphatic rings. The van der Waals surface area contributed by atoms with Crippen LogP contribution >= 0.6 is 11.3 Å². The van der Waals surface area contributed by atoms with Gasteiger partial charge in [0, 0.05) is 11.3 Å². The number of aryl methyl sites for hydroxylation is 1. The fourth-order valence-electron chi connectivity index (χ4n) is 1.85. The van der Waals surface area contributed by atoms with Crippen LogP contribution in [0, 0.1) is 6.92 Å². The normalized spacial score (nSPS) is 10.9. The lowest BCUT2D eigenvalue weighted by molar-refractivity contribution is 1.43. The predicted molar refractivity (Wildman–Crippen MR) is 74.2 cm³/mol.